The number of carboxylic acid groups (broad SMARTS) is 2. The van der Waals surface area contributed by atoms with Crippen molar-refractivity contribution in [2.45, 2.75) is 145 Å². The molecule has 0 aliphatic carbocycles. The Morgan fingerprint density at radius 2 is 1.22 bits per heavy atom. The van der Waals surface area contributed by atoms with Crippen LogP contribution in [-0.4, -0.2) is 162 Å². The predicted octanol–water partition coefficient (Wildman–Crippen LogP) is -3.31. The van der Waals surface area contributed by atoms with Crippen LogP contribution in [0.5, 0.6) is 0 Å². The van der Waals surface area contributed by atoms with Crippen LogP contribution in [0.25, 0.3) is 0 Å². The van der Waals surface area contributed by atoms with Gasteiger partial charge >= 0.3 is 11.9 Å². The number of hydrogen-bond donors (Lipinski definition) is 11. The first-order valence-electron chi connectivity index (χ1n) is 16.3. The summed E-state index contributed by atoms with van der Waals surface area (Å²) in [6.07, 6.45) is -12.5. The molecule has 0 aromatic rings. The molecule has 2 aliphatic heterocycles. The molecule has 0 saturated carbocycles. The predicted molar refractivity (Wildman–Crippen MR) is 163 cm³/mol. The number of aliphatic hydroxyl groups is 7. The number of unbranched alkanes of at least 4 members (excludes halogenated alkanes) is 5. The van der Waals surface area contributed by atoms with Crippen molar-refractivity contribution in [1.29, 1.82) is 0 Å². The fourth-order valence-corrected chi connectivity index (χ4v) is 5.99. The molecule has 2 fully saturated rings. The minimum Gasteiger partial charge on any atom is -0.477 e. The fourth-order valence-electron chi connectivity index (χ4n) is 5.99. The topological polar surface area (TPSA) is 311 Å². The molecule has 0 bridgehead atoms. The van der Waals surface area contributed by atoms with Crippen molar-refractivity contribution >= 4 is 23.8 Å². The van der Waals surface area contributed by atoms with Crippen LogP contribution < -0.4 is 10.6 Å². The summed E-state index contributed by atoms with van der Waals surface area (Å²) in [6, 6.07) is -3.07. The third kappa shape index (κ3) is 11.0. The lowest BCUT2D eigenvalue weighted by Crippen LogP contribution is -2.70. The van der Waals surface area contributed by atoms with Gasteiger partial charge in [0.25, 0.3) is 11.6 Å². The Morgan fingerprint density at radius 1 is 0.755 bits per heavy atom. The van der Waals surface area contributed by atoms with E-state index in [0.29, 0.717) is 12.8 Å². The van der Waals surface area contributed by atoms with Gasteiger partial charge in [-0.3, -0.25) is 9.59 Å². The molecule has 0 aromatic heterocycles. The largest absolute Gasteiger partial charge is 0.477 e. The number of aliphatic carboxylic acids is 2. The summed E-state index contributed by atoms with van der Waals surface area (Å²) in [4.78, 5) is 49.0. The number of rotatable bonds is 20. The maximum atomic E-state index is 12.7. The number of nitrogens with one attached hydrogen (secondary N) is 2. The Hall–Kier alpha value is -2.56. The third-order valence-electron chi connectivity index (χ3n) is 8.53. The molecule has 2 aliphatic rings. The molecule has 2 amide bonds. The second-order valence-electron chi connectivity index (χ2n) is 12.5. The van der Waals surface area contributed by atoms with E-state index in [0.717, 1.165) is 39.5 Å². The van der Waals surface area contributed by atoms with E-state index in [-0.39, 0.29) is 6.61 Å². The van der Waals surface area contributed by atoms with Gasteiger partial charge in [0.15, 0.2) is 0 Å². The Bertz CT molecular complexity index is 1100. The van der Waals surface area contributed by atoms with Gasteiger partial charge < -0.3 is 75.5 Å². The van der Waals surface area contributed by atoms with Crippen molar-refractivity contribution in [2.24, 2.45) is 0 Å². The van der Waals surface area contributed by atoms with Crippen molar-refractivity contribution in [3.05, 3.63) is 0 Å². The number of carbonyl (C=O) groups excluding carboxylic acids is 2. The molecular weight excluding hydrogens is 660 g/mol. The maximum Gasteiger partial charge on any atom is 0.364 e. The van der Waals surface area contributed by atoms with Gasteiger partial charge in [0, 0.05) is 26.7 Å². The summed E-state index contributed by atoms with van der Waals surface area (Å²) in [5.74, 6) is -10.7. The number of ether oxygens (including phenoxy) is 4. The molecule has 19 heteroatoms. The molecule has 12 atom stereocenters. The first-order valence-corrected chi connectivity index (χ1v) is 16.3. The van der Waals surface area contributed by atoms with E-state index in [2.05, 4.69) is 17.6 Å². The van der Waals surface area contributed by atoms with Gasteiger partial charge in [-0.1, -0.05) is 39.0 Å². The molecular formula is C30H52N2O17. The lowest BCUT2D eigenvalue weighted by Gasteiger charge is -2.49. The second kappa shape index (κ2) is 19.2. The van der Waals surface area contributed by atoms with Gasteiger partial charge in [0.2, 0.25) is 11.8 Å². The minimum atomic E-state index is -3.02. The van der Waals surface area contributed by atoms with Crippen molar-refractivity contribution in [3.63, 3.8) is 0 Å². The van der Waals surface area contributed by atoms with E-state index in [1.165, 1.54) is 0 Å². The van der Waals surface area contributed by atoms with Crippen molar-refractivity contribution in [1.82, 2.24) is 10.6 Å². The van der Waals surface area contributed by atoms with Crippen LogP contribution in [0.15, 0.2) is 0 Å². The van der Waals surface area contributed by atoms with Crippen molar-refractivity contribution in [3.8, 4) is 0 Å². The van der Waals surface area contributed by atoms with E-state index in [4.69, 9.17) is 18.9 Å². The van der Waals surface area contributed by atoms with Gasteiger partial charge in [0.05, 0.1) is 44.1 Å². The number of hydrogen-bond acceptors (Lipinski definition) is 15. The van der Waals surface area contributed by atoms with Gasteiger partial charge in [-0.15, -0.1) is 0 Å². The van der Waals surface area contributed by atoms with E-state index in [1.54, 1.807) is 0 Å². The Kier molecular flexibility index (Phi) is 16.7. The summed E-state index contributed by atoms with van der Waals surface area (Å²) in [6.45, 7) is 1.80. The van der Waals surface area contributed by atoms with Crippen molar-refractivity contribution < 1.29 is 84.1 Å². The number of carboxylic acids is 2. The van der Waals surface area contributed by atoms with E-state index >= 15 is 0 Å². The molecule has 2 heterocycles. The summed E-state index contributed by atoms with van der Waals surface area (Å²) in [5, 5.41) is 98.9. The van der Waals surface area contributed by atoms with Crippen LogP contribution in [0, 0.1) is 0 Å². The van der Waals surface area contributed by atoms with E-state index in [9.17, 15) is 65.1 Å². The molecule has 0 unspecified atom stereocenters. The lowest BCUT2D eigenvalue weighted by molar-refractivity contribution is -0.345. The van der Waals surface area contributed by atoms with Crippen LogP contribution in [0.3, 0.4) is 0 Å². The molecule has 11 N–H and O–H groups in total. The van der Waals surface area contributed by atoms with Gasteiger partial charge in [-0.25, -0.2) is 9.59 Å². The monoisotopic (exact) mass is 712 g/mol. The molecule has 0 spiro atoms. The first kappa shape index (κ1) is 42.6. The highest BCUT2D eigenvalue weighted by atomic mass is 16.7. The van der Waals surface area contributed by atoms with Crippen molar-refractivity contribution in [2.75, 3.05) is 19.8 Å². The highest BCUT2D eigenvalue weighted by Gasteiger charge is 2.60. The molecule has 0 aromatic carbocycles. The SMILES string of the molecule is CCCCCCCCO[C@]1(C(=O)O)C[C@H](O)[C@@H](NC(C)=O)[C@H]([C@H](O)[C@@H](CO)O[C@]2(C(=O)O)C[C@H](O)[C@@H](NC(C)=O)[C@H]([C@H](O)[C@H](O)CO)O2)O1. The standard InChI is InChI=1S/C30H52N2O17/c1-4-5-6-7-8-9-10-46-29(27(42)43)11-17(37)22(32-16(3)36)26(48-29)24(41)20(14-34)47-30(28(44)45)12-18(38)21(31-15(2)35)25(49-30)23(40)19(39)13-33/h17-26,33-34,37-41H,4-14H2,1-3H3,(H,31,35)(H,32,36)(H,42,43)(H,44,45)/t17-,18-,19+,20+,21+,22+,23+,24+,25+,26+,29+,30+/m0/s1. The quantitative estimate of drug-likeness (QED) is 0.0550. The third-order valence-corrected chi connectivity index (χ3v) is 8.53. The summed E-state index contributed by atoms with van der Waals surface area (Å²) in [5.41, 5.74) is 0. The number of amides is 2. The number of carbonyl (C=O) groups is 4. The van der Waals surface area contributed by atoms with Gasteiger partial charge in [-0.2, -0.15) is 0 Å². The average molecular weight is 713 g/mol. The lowest BCUT2D eigenvalue weighted by atomic mass is 9.87. The van der Waals surface area contributed by atoms with Crippen LogP contribution in [0.2, 0.25) is 0 Å². The van der Waals surface area contributed by atoms with Crippen LogP contribution in [0.1, 0.15) is 72.1 Å². The Labute approximate surface area is 283 Å². The molecule has 19 nitrogen and oxygen atoms in total. The van der Waals surface area contributed by atoms with E-state index in [1.807, 2.05) is 0 Å². The number of aliphatic hydroxyl groups excluding tert-OH is 7. The average Bonchev–Trinajstić information content (AvgIpc) is 3.03. The normalized spacial score (nSPS) is 32.8. The highest BCUT2D eigenvalue weighted by Crippen LogP contribution is 2.38. The smallest absolute Gasteiger partial charge is 0.364 e. The Morgan fingerprint density at radius 3 is 1.69 bits per heavy atom. The van der Waals surface area contributed by atoms with Crippen LogP contribution in [-0.2, 0) is 38.1 Å². The van der Waals surface area contributed by atoms with Gasteiger partial charge in [0.1, 0.15) is 36.6 Å². The second-order valence-corrected chi connectivity index (χ2v) is 12.5. The zero-order valence-corrected chi connectivity index (χ0v) is 27.8. The molecule has 2 rings (SSSR count). The Balaban J connectivity index is 2.45. The zero-order chi connectivity index (χ0) is 37.1. The first-order chi connectivity index (χ1) is 23.0. The zero-order valence-electron chi connectivity index (χ0n) is 27.8. The summed E-state index contributed by atoms with van der Waals surface area (Å²) < 4.78 is 22.5. The van der Waals surface area contributed by atoms with Crippen LogP contribution >= 0.6 is 0 Å². The summed E-state index contributed by atoms with van der Waals surface area (Å²) in [7, 11) is 0. The van der Waals surface area contributed by atoms with E-state index < -0.39 is 122 Å². The van der Waals surface area contributed by atoms with Gasteiger partial charge in [-0.05, 0) is 6.42 Å². The molecule has 2 saturated heterocycles. The summed E-state index contributed by atoms with van der Waals surface area (Å²) >= 11 is 0. The highest BCUT2D eigenvalue weighted by molar-refractivity contribution is 5.77. The minimum absolute atomic E-state index is 0.120. The maximum absolute atomic E-state index is 12.7. The fraction of sp³-hybridized carbons (Fsp3) is 0.867. The molecule has 49 heavy (non-hydrogen) atoms. The van der Waals surface area contributed by atoms with Crippen LogP contribution in [0.4, 0.5) is 0 Å². The molecule has 0 radical (unpaired) electrons. The molecule has 284 valence electrons.